The van der Waals surface area contributed by atoms with Crippen molar-refractivity contribution < 1.29 is 4.74 Å². The molecule has 1 atom stereocenters. The Hall–Kier alpha value is -1.88. The number of ether oxygens (including phenoxy) is 1. The smallest absolute Gasteiger partial charge is 0.138 e. The molecule has 0 fully saturated rings. The molecule has 3 rings (SSSR count). The average molecular weight is 272 g/mol. The number of fused-ring (bicyclic) bond motifs is 1. The van der Waals surface area contributed by atoms with Crippen LogP contribution in [0.3, 0.4) is 0 Å². The van der Waals surface area contributed by atoms with Gasteiger partial charge in [-0.1, -0.05) is 6.07 Å². The van der Waals surface area contributed by atoms with Crippen LogP contribution in [0.4, 0.5) is 0 Å². The van der Waals surface area contributed by atoms with Crippen LogP contribution < -0.4 is 10.1 Å². The van der Waals surface area contributed by atoms with Crippen molar-refractivity contribution in [2.24, 2.45) is 0 Å². The van der Waals surface area contributed by atoms with E-state index in [1.165, 1.54) is 11.1 Å². The van der Waals surface area contributed by atoms with Crippen molar-refractivity contribution in [1.29, 1.82) is 0 Å². The molecule has 106 valence electrons. The Bertz CT molecular complexity index is 593. The standard InChI is InChI=1S/C15H20N4O/c1-3-19-15(17-10-18-19)9-14-13-5-4-12(20-2)8-11(13)6-7-16-14/h4-5,8,10,14,16H,3,6-7,9H2,1-2H3. The Morgan fingerprint density at radius 2 is 2.35 bits per heavy atom. The second kappa shape index (κ2) is 5.63. The summed E-state index contributed by atoms with van der Waals surface area (Å²) in [6, 6.07) is 6.65. The molecule has 2 heterocycles. The molecule has 0 bridgehead atoms. The molecule has 20 heavy (non-hydrogen) atoms. The van der Waals surface area contributed by atoms with E-state index in [2.05, 4.69) is 34.5 Å². The van der Waals surface area contributed by atoms with E-state index < -0.39 is 0 Å². The number of aromatic nitrogens is 3. The predicted octanol–water partition coefficient (Wildman–Crippen LogP) is 1.74. The zero-order valence-corrected chi connectivity index (χ0v) is 12.0. The molecule has 1 aromatic carbocycles. The second-order valence-corrected chi connectivity index (χ2v) is 5.02. The van der Waals surface area contributed by atoms with E-state index in [0.29, 0.717) is 6.04 Å². The van der Waals surface area contributed by atoms with Crippen LogP contribution in [0.1, 0.15) is 29.9 Å². The molecule has 5 heteroatoms. The zero-order chi connectivity index (χ0) is 13.9. The van der Waals surface area contributed by atoms with E-state index in [1.807, 2.05) is 10.7 Å². The first kappa shape index (κ1) is 13.1. The van der Waals surface area contributed by atoms with Crippen LogP contribution in [0.15, 0.2) is 24.5 Å². The highest BCUT2D eigenvalue weighted by atomic mass is 16.5. The van der Waals surface area contributed by atoms with Crippen LogP contribution in [0.25, 0.3) is 0 Å². The fraction of sp³-hybridized carbons (Fsp3) is 0.467. The first-order valence-electron chi connectivity index (χ1n) is 7.08. The molecule has 0 amide bonds. The van der Waals surface area contributed by atoms with E-state index in [4.69, 9.17) is 4.74 Å². The van der Waals surface area contributed by atoms with E-state index >= 15 is 0 Å². The maximum atomic E-state index is 5.31. The molecule has 1 unspecified atom stereocenters. The number of nitrogens with zero attached hydrogens (tertiary/aromatic N) is 3. The maximum Gasteiger partial charge on any atom is 0.138 e. The highest BCUT2D eigenvalue weighted by Gasteiger charge is 2.22. The lowest BCUT2D eigenvalue weighted by molar-refractivity contribution is 0.411. The van der Waals surface area contributed by atoms with Gasteiger partial charge in [-0.05, 0) is 43.1 Å². The zero-order valence-electron chi connectivity index (χ0n) is 12.0. The monoisotopic (exact) mass is 272 g/mol. The minimum Gasteiger partial charge on any atom is -0.497 e. The Labute approximate surface area is 119 Å². The van der Waals surface area contributed by atoms with Gasteiger partial charge in [-0.2, -0.15) is 5.10 Å². The summed E-state index contributed by atoms with van der Waals surface area (Å²) < 4.78 is 7.27. The fourth-order valence-electron chi connectivity index (χ4n) is 2.83. The highest BCUT2D eigenvalue weighted by molar-refractivity contribution is 5.39. The second-order valence-electron chi connectivity index (χ2n) is 5.02. The van der Waals surface area contributed by atoms with Gasteiger partial charge in [-0.25, -0.2) is 4.98 Å². The molecule has 1 aliphatic heterocycles. The summed E-state index contributed by atoms with van der Waals surface area (Å²) in [5.74, 6) is 1.97. The van der Waals surface area contributed by atoms with E-state index in [-0.39, 0.29) is 0 Å². The largest absolute Gasteiger partial charge is 0.497 e. The van der Waals surface area contributed by atoms with Crippen LogP contribution in [-0.4, -0.2) is 28.4 Å². The number of hydrogen-bond acceptors (Lipinski definition) is 4. The molecule has 0 radical (unpaired) electrons. The van der Waals surface area contributed by atoms with Crippen LogP contribution >= 0.6 is 0 Å². The van der Waals surface area contributed by atoms with Gasteiger partial charge >= 0.3 is 0 Å². The average Bonchev–Trinajstić information content (AvgIpc) is 2.94. The summed E-state index contributed by atoms with van der Waals surface area (Å²) in [6.07, 6.45) is 3.55. The first-order valence-corrected chi connectivity index (χ1v) is 7.08. The van der Waals surface area contributed by atoms with E-state index in [0.717, 1.165) is 37.5 Å². The summed E-state index contributed by atoms with van der Waals surface area (Å²) in [5, 5.41) is 7.82. The number of methoxy groups -OCH3 is 1. The van der Waals surface area contributed by atoms with Crippen LogP contribution in [0.5, 0.6) is 5.75 Å². The normalized spacial score (nSPS) is 17.8. The van der Waals surface area contributed by atoms with Crippen LogP contribution in [0.2, 0.25) is 0 Å². The minimum atomic E-state index is 0.305. The fourth-order valence-corrected chi connectivity index (χ4v) is 2.83. The third-order valence-electron chi connectivity index (χ3n) is 3.89. The van der Waals surface area contributed by atoms with Gasteiger partial charge in [0.2, 0.25) is 0 Å². The Balaban J connectivity index is 1.86. The summed E-state index contributed by atoms with van der Waals surface area (Å²) in [4.78, 5) is 4.37. The SMILES string of the molecule is CCn1ncnc1CC1NCCc2cc(OC)ccc21. The van der Waals surface area contributed by atoms with Gasteiger partial charge in [-0.15, -0.1) is 0 Å². The molecule has 1 N–H and O–H groups in total. The van der Waals surface area contributed by atoms with Gasteiger partial charge < -0.3 is 10.1 Å². The van der Waals surface area contributed by atoms with Crippen molar-refractivity contribution in [2.75, 3.05) is 13.7 Å². The lowest BCUT2D eigenvalue weighted by atomic mass is 9.92. The molecule has 0 saturated carbocycles. The number of nitrogens with one attached hydrogen (secondary N) is 1. The Morgan fingerprint density at radius 1 is 1.45 bits per heavy atom. The van der Waals surface area contributed by atoms with E-state index in [9.17, 15) is 0 Å². The van der Waals surface area contributed by atoms with Crippen molar-refractivity contribution in [3.63, 3.8) is 0 Å². The molecule has 0 saturated heterocycles. The number of rotatable bonds is 4. The molecule has 0 aliphatic carbocycles. The quantitative estimate of drug-likeness (QED) is 0.921. The number of aryl methyl sites for hydroxylation is 1. The summed E-state index contributed by atoms with van der Waals surface area (Å²) >= 11 is 0. The third kappa shape index (κ3) is 2.41. The molecule has 1 aliphatic rings. The third-order valence-corrected chi connectivity index (χ3v) is 3.89. The van der Waals surface area contributed by atoms with Crippen LogP contribution in [0, 0.1) is 0 Å². The van der Waals surface area contributed by atoms with Gasteiger partial charge in [0.05, 0.1) is 7.11 Å². The summed E-state index contributed by atoms with van der Waals surface area (Å²) in [6.45, 7) is 3.94. The summed E-state index contributed by atoms with van der Waals surface area (Å²) in [7, 11) is 1.71. The molecular formula is C15H20N4O. The van der Waals surface area contributed by atoms with Crippen molar-refractivity contribution in [3.05, 3.63) is 41.5 Å². The van der Waals surface area contributed by atoms with Gasteiger partial charge in [-0.3, -0.25) is 4.68 Å². The van der Waals surface area contributed by atoms with Crippen molar-refractivity contribution >= 4 is 0 Å². The van der Waals surface area contributed by atoms with E-state index in [1.54, 1.807) is 13.4 Å². The van der Waals surface area contributed by atoms with Gasteiger partial charge in [0, 0.05) is 19.0 Å². The van der Waals surface area contributed by atoms with Gasteiger partial charge in [0.25, 0.3) is 0 Å². The Morgan fingerprint density at radius 3 is 3.15 bits per heavy atom. The minimum absolute atomic E-state index is 0.305. The number of benzene rings is 1. The van der Waals surface area contributed by atoms with Crippen molar-refractivity contribution in [2.45, 2.75) is 32.4 Å². The van der Waals surface area contributed by atoms with Crippen molar-refractivity contribution in [1.82, 2.24) is 20.1 Å². The molecule has 5 nitrogen and oxygen atoms in total. The molecule has 0 spiro atoms. The lowest BCUT2D eigenvalue weighted by Gasteiger charge is -2.27. The lowest BCUT2D eigenvalue weighted by Crippen LogP contribution is -2.32. The molecule has 1 aromatic heterocycles. The predicted molar refractivity (Wildman–Crippen MR) is 76.8 cm³/mol. The van der Waals surface area contributed by atoms with Gasteiger partial charge in [0.1, 0.15) is 17.9 Å². The maximum absolute atomic E-state index is 5.31. The summed E-state index contributed by atoms with van der Waals surface area (Å²) in [5.41, 5.74) is 2.72. The molecule has 2 aromatic rings. The topological polar surface area (TPSA) is 52.0 Å². The Kier molecular flexibility index (Phi) is 3.69. The molecular weight excluding hydrogens is 252 g/mol. The van der Waals surface area contributed by atoms with Crippen molar-refractivity contribution in [3.8, 4) is 5.75 Å². The first-order chi connectivity index (χ1) is 9.81. The van der Waals surface area contributed by atoms with Crippen LogP contribution in [-0.2, 0) is 19.4 Å². The van der Waals surface area contributed by atoms with Gasteiger partial charge in [0.15, 0.2) is 0 Å². The highest BCUT2D eigenvalue weighted by Crippen LogP contribution is 2.28. The number of hydrogen-bond donors (Lipinski definition) is 1.